The van der Waals surface area contributed by atoms with Gasteiger partial charge in [-0.1, -0.05) is 49.0 Å². The van der Waals surface area contributed by atoms with E-state index in [1.54, 1.807) is 0 Å². The smallest absolute Gasteiger partial charge is 0.192 e. The van der Waals surface area contributed by atoms with E-state index in [4.69, 9.17) is 0 Å². The van der Waals surface area contributed by atoms with Crippen LogP contribution in [-0.4, -0.2) is 10.4 Å². The summed E-state index contributed by atoms with van der Waals surface area (Å²) in [5, 5.41) is 0.887. The molecule has 74 valence electrons. The Morgan fingerprint density at radius 1 is 1.36 bits per heavy atom. The van der Waals surface area contributed by atoms with Crippen LogP contribution in [0.4, 0.5) is 0 Å². The van der Waals surface area contributed by atoms with Gasteiger partial charge in [0, 0.05) is 11.2 Å². The Balaban J connectivity index is 2.02. The topological polar surface area (TPSA) is 17.1 Å². The molecule has 1 aliphatic rings. The average Bonchev–Trinajstić information content (AvgIpc) is 2.47. The summed E-state index contributed by atoms with van der Waals surface area (Å²) in [4.78, 5) is 11.6. The molecule has 0 unspecified atom stereocenters. The van der Waals surface area contributed by atoms with Crippen molar-refractivity contribution in [2.24, 2.45) is 5.92 Å². The van der Waals surface area contributed by atoms with Crippen molar-refractivity contribution < 1.29 is 4.79 Å². The van der Waals surface area contributed by atoms with Gasteiger partial charge in [0.15, 0.2) is 5.12 Å². The van der Waals surface area contributed by atoms with Crippen molar-refractivity contribution >= 4 is 16.9 Å². The van der Waals surface area contributed by atoms with Gasteiger partial charge in [-0.15, -0.1) is 0 Å². The minimum absolute atomic E-state index is 0.248. The highest BCUT2D eigenvalue weighted by atomic mass is 32.2. The fourth-order valence-electron chi connectivity index (χ4n) is 1.90. The van der Waals surface area contributed by atoms with Crippen LogP contribution in [0.15, 0.2) is 30.3 Å². The molecule has 1 heterocycles. The number of hydrogen-bond donors (Lipinski definition) is 0. The van der Waals surface area contributed by atoms with Gasteiger partial charge in [0.05, 0.1) is 0 Å². The fraction of sp³-hybridized carbons (Fsp3) is 0.417. The SMILES string of the molecule is C[C@H]1C[C@H](Cc2ccccc2)C(=O)S1. The van der Waals surface area contributed by atoms with E-state index in [2.05, 4.69) is 19.1 Å². The molecule has 2 heteroatoms. The van der Waals surface area contributed by atoms with E-state index in [9.17, 15) is 4.79 Å². The maximum Gasteiger partial charge on any atom is 0.192 e. The Morgan fingerprint density at radius 3 is 2.64 bits per heavy atom. The van der Waals surface area contributed by atoms with E-state index in [0.717, 1.165) is 12.8 Å². The van der Waals surface area contributed by atoms with Gasteiger partial charge in [0.2, 0.25) is 0 Å². The normalized spacial score (nSPS) is 26.8. The largest absolute Gasteiger partial charge is 0.287 e. The highest BCUT2D eigenvalue weighted by molar-refractivity contribution is 8.14. The Hall–Kier alpha value is -0.760. The third kappa shape index (κ3) is 2.18. The van der Waals surface area contributed by atoms with Crippen molar-refractivity contribution in [3.8, 4) is 0 Å². The van der Waals surface area contributed by atoms with Gasteiger partial charge in [0.25, 0.3) is 0 Å². The van der Waals surface area contributed by atoms with Gasteiger partial charge in [-0.2, -0.15) is 0 Å². The van der Waals surface area contributed by atoms with Crippen molar-refractivity contribution in [1.82, 2.24) is 0 Å². The Labute approximate surface area is 88.9 Å². The lowest BCUT2D eigenvalue weighted by Crippen LogP contribution is -2.08. The van der Waals surface area contributed by atoms with Crippen LogP contribution >= 0.6 is 11.8 Å². The zero-order valence-corrected chi connectivity index (χ0v) is 9.09. The highest BCUT2D eigenvalue weighted by Gasteiger charge is 2.30. The molecule has 1 nitrogen and oxygen atoms in total. The van der Waals surface area contributed by atoms with Gasteiger partial charge >= 0.3 is 0 Å². The van der Waals surface area contributed by atoms with E-state index in [1.165, 1.54) is 17.3 Å². The zero-order chi connectivity index (χ0) is 9.97. The van der Waals surface area contributed by atoms with Gasteiger partial charge in [-0.05, 0) is 18.4 Å². The standard InChI is InChI=1S/C12H14OS/c1-9-7-11(12(13)14-9)8-10-5-3-2-4-6-10/h2-6,9,11H,7-8H2,1H3/t9-,11+/m0/s1. The van der Waals surface area contributed by atoms with E-state index >= 15 is 0 Å². The molecule has 0 radical (unpaired) electrons. The highest BCUT2D eigenvalue weighted by Crippen LogP contribution is 2.34. The van der Waals surface area contributed by atoms with E-state index in [-0.39, 0.29) is 5.92 Å². The second-order valence-electron chi connectivity index (χ2n) is 3.87. The third-order valence-electron chi connectivity index (χ3n) is 2.59. The number of rotatable bonds is 2. The molecule has 1 saturated heterocycles. The second-order valence-corrected chi connectivity index (χ2v) is 5.31. The molecule has 0 aromatic heterocycles. The van der Waals surface area contributed by atoms with Gasteiger partial charge in [0.1, 0.15) is 0 Å². The summed E-state index contributed by atoms with van der Waals surface area (Å²) in [7, 11) is 0. The third-order valence-corrected chi connectivity index (χ3v) is 3.75. The number of carbonyl (C=O) groups is 1. The van der Waals surface area contributed by atoms with Gasteiger partial charge < -0.3 is 0 Å². The van der Waals surface area contributed by atoms with Crippen molar-refractivity contribution in [2.75, 3.05) is 0 Å². The molecule has 0 aliphatic carbocycles. The first-order valence-electron chi connectivity index (χ1n) is 5.00. The number of carbonyl (C=O) groups excluding carboxylic acids is 1. The molecular weight excluding hydrogens is 192 g/mol. The number of benzene rings is 1. The Morgan fingerprint density at radius 2 is 2.07 bits per heavy atom. The first-order chi connectivity index (χ1) is 6.75. The van der Waals surface area contributed by atoms with Crippen LogP contribution in [0.1, 0.15) is 18.9 Å². The molecule has 1 aromatic rings. The minimum Gasteiger partial charge on any atom is -0.287 e. The summed E-state index contributed by atoms with van der Waals surface area (Å²) in [6, 6.07) is 10.3. The van der Waals surface area contributed by atoms with Crippen LogP contribution in [0.3, 0.4) is 0 Å². The quantitative estimate of drug-likeness (QED) is 0.740. The molecule has 0 bridgehead atoms. The maximum absolute atomic E-state index is 11.6. The Kier molecular flexibility index (Phi) is 2.92. The first kappa shape index (κ1) is 9.78. The van der Waals surface area contributed by atoms with Crippen LogP contribution in [0.5, 0.6) is 0 Å². The lowest BCUT2D eigenvalue weighted by molar-refractivity contribution is -0.113. The molecular formula is C12H14OS. The van der Waals surface area contributed by atoms with Gasteiger partial charge in [-0.25, -0.2) is 0 Å². The number of thioether (sulfide) groups is 1. The molecule has 1 aromatic carbocycles. The summed E-state index contributed by atoms with van der Waals surface area (Å²) in [5.74, 6) is 0.248. The lowest BCUT2D eigenvalue weighted by Gasteiger charge is -2.06. The van der Waals surface area contributed by atoms with Crippen LogP contribution in [0.25, 0.3) is 0 Å². The molecule has 0 saturated carbocycles. The van der Waals surface area contributed by atoms with Crippen LogP contribution in [-0.2, 0) is 11.2 Å². The molecule has 1 aliphatic heterocycles. The lowest BCUT2D eigenvalue weighted by atomic mass is 9.97. The number of hydrogen-bond acceptors (Lipinski definition) is 2. The van der Waals surface area contributed by atoms with Gasteiger partial charge in [-0.3, -0.25) is 4.79 Å². The maximum atomic E-state index is 11.6. The summed E-state index contributed by atoms with van der Waals surface area (Å²) in [5.41, 5.74) is 1.28. The van der Waals surface area contributed by atoms with Crippen molar-refractivity contribution in [3.05, 3.63) is 35.9 Å². The van der Waals surface area contributed by atoms with E-state index in [1.807, 2.05) is 18.2 Å². The minimum atomic E-state index is 0.248. The summed E-state index contributed by atoms with van der Waals surface area (Å²) >= 11 is 1.51. The van der Waals surface area contributed by atoms with E-state index in [0.29, 0.717) is 10.4 Å². The van der Waals surface area contributed by atoms with Crippen molar-refractivity contribution in [2.45, 2.75) is 25.0 Å². The Bertz CT molecular complexity index is 320. The molecule has 14 heavy (non-hydrogen) atoms. The summed E-state index contributed by atoms with van der Waals surface area (Å²) < 4.78 is 0. The van der Waals surface area contributed by atoms with Crippen molar-refractivity contribution in [3.63, 3.8) is 0 Å². The van der Waals surface area contributed by atoms with Crippen LogP contribution in [0.2, 0.25) is 0 Å². The predicted molar refractivity (Wildman–Crippen MR) is 60.3 cm³/mol. The molecule has 0 spiro atoms. The molecule has 0 N–H and O–H groups in total. The molecule has 0 amide bonds. The average molecular weight is 206 g/mol. The zero-order valence-electron chi connectivity index (χ0n) is 8.27. The fourth-order valence-corrected chi connectivity index (χ4v) is 3.00. The molecule has 1 fully saturated rings. The van der Waals surface area contributed by atoms with E-state index < -0.39 is 0 Å². The predicted octanol–water partition coefficient (Wildman–Crippen LogP) is 2.90. The molecule has 2 atom stereocenters. The second kappa shape index (κ2) is 4.18. The summed E-state index contributed by atoms with van der Waals surface area (Å²) in [6.45, 7) is 2.13. The van der Waals surface area contributed by atoms with Crippen LogP contribution in [0, 0.1) is 5.92 Å². The molecule has 2 rings (SSSR count). The monoisotopic (exact) mass is 206 g/mol. The first-order valence-corrected chi connectivity index (χ1v) is 5.88. The van der Waals surface area contributed by atoms with Crippen LogP contribution < -0.4 is 0 Å². The summed E-state index contributed by atoms with van der Waals surface area (Å²) in [6.07, 6.45) is 1.95. The van der Waals surface area contributed by atoms with Crippen molar-refractivity contribution in [1.29, 1.82) is 0 Å².